The number of H-pyrrole nitrogens is 1. The summed E-state index contributed by atoms with van der Waals surface area (Å²) in [5, 5.41) is 3.05. The van der Waals surface area contributed by atoms with Gasteiger partial charge in [-0.05, 0) is 14.0 Å². The first kappa shape index (κ1) is 10.3. The fraction of sp³-hybridized carbons (Fsp3) is 0.600. The third-order valence-corrected chi connectivity index (χ3v) is 2.69. The van der Waals surface area contributed by atoms with Crippen LogP contribution >= 0.6 is 0 Å². The number of hydrogen-bond donors (Lipinski definition) is 2. The van der Waals surface area contributed by atoms with Gasteiger partial charge in [-0.25, -0.2) is 4.98 Å². The molecule has 0 spiro atoms. The van der Waals surface area contributed by atoms with Crippen molar-refractivity contribution in [2.45, 2.75) is 26.0 Å². The Morgan fingerprint density at radius 1 is 1.60 bits per heavy atom. The van der Waals surface area contributed by atoms with Gasteiger partial charge in [-0.1, -0.05) is 0 Å². The SMILES string of the molecule is CN[C@H](C)c1nc2c(c(=O)[nH]1)COCC2. The van der Waals surface area contributed by atoms with Crippen molar-refractivity contribution in [3.05, 3.63) is 27.4 Å². The van der Waals surface area contributed by atoms with E-state index in [1.54, 1.807) is 0 Å². The van der Waals surface area contributed by atoms with Crippen LogP contribution in [0.4, 0.5) is 0 Å². The summed E-state index contributed by atoms with van der Waals surface area (Å²) in [6, 6.07) is 0.0610. The number of hydrogen-bond acceptors (Lipinski definition) is 4. The quantitative estimate of drug-likeness (QED) is 0.726. The van der Waals surface area contributed by atoms with Crippen molar-refractivity contribution in [1.82, 2.24) is 15.3 Å². The van der Waals surface area contributed by atoms with Gasteiger partial charge in [-0.15, -0.1) is 0 Å². The predicted octanol–water partition coefficient (Wildman–Crippen LogP) is 0.123. The van der Waals surface area contributed by atoms with Gasteiger partial charge in [0.15, 0.2) is 0 Å². The van der Waals surface area contributed by atoms with Crippen LogP contribution in [0.5, 0.6) is 0 Å². The first-order chi connectivity index (χ1) is 7.22. The van der Waals surface area contributed by atoms with E-state index in [9.17, 15) is 4.79 Å². The molecule has 0 radical (unpaired) electrons. The molecule has 2 rings (SSSR count). The minimum atomic E-state index is -0.0724. The average molecular weight is 209 g/mol. The van der Waals surface area contributed by atoms with Crippen molar-refractivity contribution in [1.29, 1.82) is 0 Å². The highest BCUT2D eigenvalue weighted by molar-refractivity contribution is 5.19. The van der Waals surface area contributed by atoms with Crippen LogP contribution in [-0.4, -0.2) is 23.6 Å². The highest BCUT2D eigenvalue weighted by Gasteiger charge is 2.17. The van der Waals surface area contributed by atoms with Gasteiger partial charge in [-0.2, -0.15) is 0 Å². The molecule has 0 unspecified atom stereocenters. The maximum atomic E-state index is 11.7. The maximum absolute atomic E-state index is 11.7. The second-order valence-corrected chi connectivity index (χ2v) is 3.69. The Morgan fingerprint density at radius 3 is 3.13 bits per heavy atom. The summed E-state index contributed by atoms with van der Waals surface area (Å²) in [5.41, 5.74) is 1.48. The van der Waals surface area contributed by atoms with E-state index in [4.69, 9.17) is 4.74 Å². The fourth-order valence-electron chi connectivity index (χ4n) is 1.60. The molecule has 82 valence electrons. The number of ether oxygens (including phenoxy) is 1. The molecule has 15 heavy (non-hydrogen) atoms. The summed E-state index contributed by atoms with van der Waals surface area (Å²) in [7, 11) is 1.84. The van der Waals surface area contributed by atoms with E-state index >= 15 is 0 Å². The monoisotopic (exact) mass is 209 g/mol. The van der Waals surface area contributed by atoms with E-state index in [1.807, 2.05) is 14.0 Å². The van der Waals surface area contributed by atoms with Crippen LogP contribution in [0.3, 0.4) is 0 Å². The normalized spacial score (nSPS) is 17.2. The van der Waals surface area contributed by atoms with Gasteiger partial charge in [-0.3, -0.25) is 4.79 Å². The molecule has 1 atom stereocenters. The molecule has 0 amide bonds. The van der Waals surface area contributed by atoms with E-state index < -0.39 is 0 Å². The van der Waals surface area contributed by atoms with Crippen molar-refractivity contribution < 1.29 is 4.74 Å². The van der Waals surface area contributed by atoms with Crippen molar-refractivity contribution in [3.63, 3.8) is 0 Å². The lowest BCUT2D eigenvalue weighted by Crippen LogP contribution is -2.28. The van der Waals surface area contributed by atoms with Gasteiger partial charge in [0.2, 0.25) is 0 Å². The minimum Gasteiger partial charge on any atom is -0.376 e. The van der Waals surface area contributed by atoms with Crippen LogP contribution in [0, 0.1) is 0 Å². The molecule has 0 bridgehead atoms. The molecule has 0 saturated heterocycles. The second-order valence-electron chi connectivity index (χ2n) is 3.69. The molecule has 1 aromatic heterocycles. The zero-order valence-electron chi connectivity index (χ0n) is 8.96. The molecular weight excluding hydrogens is 194 g/mol. The fourth-order valence-corrected chi connectivity index (χ4v) is 1.60. The van der Waals surface area contributed by atoms with Gasteiger partial charge in [0.1, 0.15) is 5.82 Å². The number of aromatic nitrogens is 2. The smallest absolute Gasteiger partial charge is 0.256 e. The van der Waals surface area contributed by atoms with E-state index in [2.05, 4.69) is 15.3 Å². The van der Waals surface area contributed by atoms with Crippen LogP contribution in [0.1, 0.15) is 30.0 Å². The molecule has 0 aliphatic carbocycles. The van der Waals surface area contributed by atoms with E-state index in [-0.39, 0.29) is 11.6 Å². The van der Waals surface area contributed by atoms with Gasteiger partial charge in [0.25, 0.3) is 5.56 Å². The summed E-state index contributed by atoms with van der Waals surface area (Å²) in [6.07, 6.45) is 0.725. The van der Waals surface area contributed by atoms with Gasteiger partial charge < -0.3 is 15.0 Å². The van der Waals surface area contributed by atoms with E-state index in [0.717, 1.165) is 12.1 Å². The van der Waals surface area contributed by atoms with Crippen LogP contribution in [0.25, 0.3) is 0 Å². The highest BCUT2D eigenvalue weighted by atomic mass is 16.5. The van der Waals surface area contributed by atoms with Crippen molar-refractivity contribution in [3.8, 4) is 0 Å². The summed E-state index contributed by atoms with van der Waals surface area (Å²) < 4.78 is 5.23. The molecule has 5 heteroatoms. The number of fused-ring (bicyclic) bond motifs is 1. The predicted molar refractivity (Wildman–Crippen MR) is 55.7 cm³/mol. The first-order valence-electron chi connectivity index (χ1n) is 5.09. The van der Waals surface area contributed by atoms with Crippen LogP contribution < -0.4 is 10.9 Å². The summed E-state index contributed by atoms with van der Waals surface area (Å²) in [4.78, 5) is 18.9. The molecule has 0 saturated carbocycles. The minimum absolute atomic E-state index is 0.0610. The Hall–Kier alpha value is -1.20. The van der Waals surface area contributed by atoms with Crippen molar-refractivity contribution in [2.24, 2.45) is 0 Å². The first-order valence-corrected chi connectivity index (χ1v) is 5.09. The molecule has 1 aliphatic rings. The zero-order valence-corrected chi connectivity index (χ0v) is 8.96. The van der Waals surface area contributed by atoms with Crippen molar-refractivity contribution in [2.75, 3.05) is 13.7 Å². The lowest BCUT2D eigenvalue weighted by atomic mass is 10.1. The number of rotatable bonds is 2. The Morgan fingerprint density at radius 2 is 2.40 bits per heavy atom. The number of aromatic amines is 1. The number of nitrogens with zero attached hydrogens (tertiary/aromatic N) is 1. The topological polar surface area (TPSA) is 67.0 Å². The summed E-state index contributed by atoms with van der Waals surface area (Å²) >= 11 is 0. The van der Waals surface area contributed by atoms with Crippen molar-refractivity contribution >= 4 is 0 Å². The van der Waals surface area contributed by atoms with E-state index in [1.165, 1.54) is 0 Å². The molecular formula is C10H15N3O2. The molecule has 1 aliphatic heterocycles. The Balaban J connectivity index is 2.45. The molecule has 0 aromatic carbocycles. The zero-order chi connectivity index (χ0) is 10.8. The van der Waals surface area contributed by atoms with Crippen LogP contribution in [0.15, 0.2) is 4.79 Å². The Kier molecular flexibility index (Phi) is 2.83. The average Bonchev–Trinajstić information content (AvgIpc) is 2.28. The molecule has 5 nitrogen and oxygen atoms in total. The standard InChI is InChI=1S/C10H15N3O2/c1-6(11-2)9-12-8-3-4-15-5-7(8)10(14)13-9/h6,11H,3-5H2,1-2H3,(H,12,13,14)/t6-/m1/s1. The van der Waals surface area contributed by atoms with Crippen LogP contribution in [0.2, 0.25) is 0 Å². The van der Waals surface area contributed by atoms with Gasteiger partial charge >= 0.3 is 0 Å². The van der Waals surface area contributed by atoms with Gasteiger partial charge in [0.05, 0.1) is 30.5 Å². The lowest BCUT2D eigenvalue weighted by Gasteiger charge is -2.17. The van der Waals surface area contributed by atoms with E-state index in [0.29, 0.717) is 24.6 Å². The maximum Gasteiger partial charge on any atom is 0.256 e. The highest BCUT2D eigenvalue weighted by Crippen LogP contribution is 2.12. The van der Waals surface area contributed by atoms with Crippen LogP contribution in [-0.2, 0) is 17.8 Å². The molecule has 2 N–H and O–H groups in total. The second kappa shape index (κ2) is 4.12. The summed E-state index contributed by atoms with van der Waals surface area (Å²) in [6.45, 7) is 2.99. The molecule has 1 aromatic rings. The largest absolute Gasteiger partial charge is 0.376 e. The Bertz CT molecular complexity index is 414. The van der Waals surface area contributed by atoms with Gasteiger partial charge in [0, 0.05) is 6.42 Å². The molecule has 0 fully saturated rings. The lowest BCUT2D eigenvalue weighted by molar-refractivity contribution is 0.107. The molecule has 2 heterocycles. The third kappa shape index (κ3) is 1.93. The Labute approximate surface area is 87.9 Å². The third-order valence-electron chi connectivity index (χ3n) is 2.69. The summed E-state index contributed by atoms with van der Waals surface area (Å²) in [5.74, 6) is 0.697. The number of nitrogens with one attached hydrogen (secondary N) is 2.